The number of hydrogen-bond acceptors (Lipinski definition) is 2. The summed E-state index contributed by atoms with van der Waals surface area (Å²) >= 11 is 0.127. The zero-order chi connectivity index (χ0) is 12.4. The van der Waals surface area contributed by atoms with Crippen LogP contribution in [0, 0.1) is 0 Å². The van der Waals surface area contributed by atoms with Crippen molar-refractivity contribution < 1.29 is 0 Å². The standard InChI is InChI=1S/C14H12N2OSe/c17-14-12-6-1-2-7-13(12)18-16(14)10-8-11-5-3-4-9-15-11/h1-7,9H,8,10H2. The normalized spacial score (nSPS) is 10.9. The third-order valence-electron chi connectivity index (χ3n) is 2.85. The van der Waals surface area contributed by atoms with Crippen LogP contribution in [0.1, 0.15) is 5.69 Å². The summed E-state index contributed by atoms with van der Waals surface area (Å²) in [6, 6.07) is 13.8. The van der Waals surface area contributed by atoms with E-state index in [2.05, 4.69) is 4.98 Å². The second kappa shape index (κ2) is 4.92. The minimum absolute atomic E-state index is 0.127. The molecule has 1 aromatic carbocycles. The fourth-order valence-electron chi connectivity index (χ4n) is 1.93. The summed E-state index contributed by atoms with van der Waals surface area (Å²) in [4.78, 5) is 16.4. The number of benzene rings is 1. The van der Waals surface area contributed by atoms with Gasteiger partial charge in [0.05, 0.1) is 0 Å². The number of nitrogens with zero attached hydrogens (tertiary/aromatic N) is 2. The van der Waals surface area contributed by atoms with E-state index in [1.807, 2.05) is 46.0 Å². The van der Waals surface area contributed by atoms with Crippen molar-refractivity contribution >= 4 is 24.4 Å². The van der Waals surface area contributed by atoms with Crippen molar-refractivity contribution in [2.45, 2.75) is 13.0 Å². The molecule has 0 bridgehead atoms. The van der Waals surface area contributed by atoms with Gasteiger partial charge in [0.15, 0.2) is 0 Å². The molecule has 3 rings (SSSR count). The van der Waals surface area contributed by atoms with Gasteiger partial charge in [0.1, 0.15) is 0 Å². The van der Waals surface area contributed by atoms with Gasteiger partial charge in [-0.1, -0.05) is 0 Å². The number of pyridine rings is 1. The van der Waals surface area contributed by atoms with Crippen molar-refractivity contribution in [3.8, 4) is 0 Å². The summed E-state index contributed by atoms with van der Waals surface area (Å²) in [5, 5.41) is 0.874. The predicted molar refractivity (Wildman–Crippen MR) is 73.1 cm³/mol. The molecule has 0 aliphatic carbocycles. The van der Waals surface area contributed by atoms with Crippen molar-refractivity contribution in [2.24, 2.45) is 0 Å². The Morgan fingerprint density at radius 2 is 1.94 bits per heavy atom. The number of hydrogen-bond donors (Lipinski definition) is 0. The second-order valence-electron chi connectivity index (χ2n) is 4.07. The average molecular weight is 303 g/mol. The van der Waals surface area contributed by atoms with E-state index in [-0.39, 0.29) is 20.3 Å². The molecule has 0 unspecified atom stereocenters. The van der Waals surface area contributed by atoms with Gasteiger partial charge in [0, 0.05) is 0 Å². The zero-order valence-electron chi connectivity index (χ0n) is 9.74. The molecule has 18 heavy (non-hydrogen) atoms. The van der Waals surface area contributed by atoms with Crippen LogP contribution in [0.4, 0.5) is 0 Å². The van der Waals surface area contributed by atoms with E-state index in [0.717, 1.165) is 24.0 Å². The van der Waals surface area contributed by atoms with Gasteiger partial charge >= 0.3 is 111 Å². The molecule has 0 atom stereocenters. The van der Waals surface area contributed by atoms with Crippen molar-refractivity contribution in [1.82, 2.24) is 8.55 Å². The molecule has 2 aromatic heterocycles. The summed E-state index contributed by atoms with van der Waals surface area (Å²) in [5.41, 5.74) is 1.21. The minimum atomic E-state index is 0.127. The Labute approximate surface area is 111 Å². The first-order valence-electron chi connectivity index (χ1n) is 5.83. The molecule has 2 heterocycles. The molecule has 0 saturated heterocycles. The van der Waals surface area contributed by atoms with E-state index in [0.29, 0.717) is 0 Å². The Morgan fingerprint density at radius 3 is 2.72 bits per heavy atom. The molecule has 0 saturated carbocycles. The number of rotatable bonds is 3. The Hall–Kier alpha value is -1.64. The molecule has 0 spiro atoms. The van der Waals surface area contributed by atoms with Gasteiger partial charge in [-0.15, -0.1) is 0 Å². The maximum absolute atomic E-state index is 12.1. The number of fused-ring (bicyclic) bond motifs is 1. The second-order valence-corrected chi connectivity index (χ2v) is 6.30. The Morgan fingerprint density at radius 1 is 1.11 bits per heavy atom. The van der Waals surface area contributed by atoms with Crippen molar-refractivity contribution in [1.29, 1.82) is 0 Å². The van der Waals surface area contributed by atoms with Gasteiger partial charge in [-0.3, -0.25) is 0 Å². The topological polar surface area (TPSA) is 34.9 Å². The van der Waals surface area contributed by atoms with Crippen molar-refractivity contribution in [3.63, 3.8) is 0 Å². The van der Waals surface area contributed by atoms with E-state index in [9.17, 15) is 4.79 Å². The molecule has 0 aliphatic rings. The number of aryl methyl sites for hydroxylation is 2. The first-order chi connectivity index (χ1) is 8.84. The maximum atomic E-state index is 12.1. The number of aromatic nitrogens is 2. The van der Waals surface area contributed by atoms with Crippen LogP contribution in [0.3, 0.4) is 0 Å². The molecule has 3 aromatic rings. The summed E-state index contributed by atoms with van der Waals surface area (Å²) < 4.78 is 3.14. The first-order valence-corrected chi connectivity index (χ1v) is 7.45. The first kappa shape index (κ1) is 11.4. The van der Waals surface area contributed by atoms with Crippen LogP contribution in [0.15, 0.2) is 53.5 Å². The molecule has 0 N–H and O–H groups in total. The zero-order valence-corrected chi connectivity index (χ0v) is 11.5. The molecule has 0 amide bonds. The summed E-state index contributed by atoms with van der Waals surface area (Å²) in [7, 11) is 0. The van der Waals surface area contributed by atoms with Crippen molar-refractivity contribution in [3.05, 3.63) is 64.7 Å². The van der Waals surface area contributed by atoms with Gasteiger partial charge in [0.2, 0.25) is 0 Å². The Bertz CT molecular complexity index is 715. The molecule has 0 fully saturated rings. The summed E-state index contributed by atoms with van der Waals surface area (Å²) in [6.45, 7) is 0.754. The predicted octanol–water partition coefficient (Wildman–Crippen LogP) is 1.70. The van der Waals surface area contributed by atoms with Crippen molar-refractivity contribution in [2.75, 3.05) is 0 Å². The summed E-state index contributed by atoms with van der Waals surface area (Å²) in [5.74, 6) is 0. The summed E-state index contributed by atoms with van der Waals surface area (Å²) in [6.07, 6.45) is 2.61. The molecule has 0 radical (unpaired) electrons. The van der Waals surface area contributed by atoms with E-state index >= 15 is 0 Å². The fourth-order valence-corrected chi connectivity index (χ4v) is 4.01. The molecule has 4 heteroatoms. The van der Waals surface area contributed by atoms with E-state index < -0.39 is 0 Å². The monoisotopic (exact) mass is 304 g/mol. The van der Waals surface area contributed by atoms with Crippen LogP contribution in [0.5, 0.6) is 0 Å². The SMILES string of the molecule is O=c1c2ccccc2[se]n1CCc1ccccn1. The quantitative estimate of drug-likeness (QED) is 0.690. The van der Waals surface area contributed by atoms with Gasteiger partial charge < -0.3 is 0 Å². The van der Waals surface area contributed by atoms with Gasteiger partial charge in [-0.05, 0) is 0 Å². The molecular weight excluding hydrogens is 291 g/mol. The van der Waals surface area contributed by atoms with Crippen LogP contribution in [0.25, 0.3) is 9.65 Å². The average Bonchev–Trinajstić information content (AvgIpc) is 2.75. The van der Waals surface area contributed by atoms with Gasteiger partial charge in [-0.2, -0.15) is 0 Å². The molecule has 3 nitrogen and oxygen atoms in total. The Kier molecular flexibility index (Phi) is 3.13. The molecular formula is C14H12N2OSe. The van der Waals surface area contributed by atoms with E-state index in [1.54, 1.807) is 6.20 Å². The van der Waals surface area contributed by atoms with Crippen LogP contribution < -0.4 is 5.56 Å². The molecule has 90 valence electrons. The van der Waals surface area contributed by atoms with Crippen LogP contribution in [-0.4, -0.2) is 23.3 Å². The molecule has 0 aliphatic heterocycles. The Balaban J connectivity index is 1.87. The third kappa shape index (κ3) is 2.17. The van der Waals surface area contributed by atoms with E-state index in [1.165, 1.54) is 4.26 Å². The van der Waals surface area contributed by atoms with Crippen LogP contribution >= 0.6 is 0 Å². The van der Waals surface area contributed by atoms with Crippen LogP contribution in [-0.2, 0) is 13.0 Å². The van der Waals surface area contributed by atoms with Crippen LogP contribution in [0.2, 0.25) is 0 Å². The van der Waals surface area contributed by atoms with Gasteiger partial charge in [0.25, 0.3) is 0 Å². The fraction of sp³-hybridized carbons (Fsp3) is 0.143. The third-order valence-corrected chi connectivity index (χ3v) is 5.20. The van der Waals surface area contributed by atoms with Gasteiger partial charge in [-0.25, -0.2) is 0 Å². The van der Waals surface area contributed by atoms with E-state index in [4.69, 9.17) is 0 Å².